The highest BCUT2D eigenvalue weighted by molar-refractivity contribution is 5.80. The summed E-state index contributed by atoms with van der Waals surface area (Å²) in [6.45, 7) is 3.88. The molecule has 3 rings (SSSR count). The van der Waals surface area contributed by atoms with Gasteiger partial charge in [0.2, 0.25) is 0 Å². The van der Waals surface area contributed by atoms with E-state index in [1.807, 2.05) is 32.0 Å². The van der Waals surface area contributed by atoms with Crippen LogP contribution >= 0.6 is 0 Å². The average Bonchev–Trinajstić information content (AvgIpc) is 2.58. The van der Waals surface area contributed by atoms with Crippen LogP contribution in [0.5, 0.6) is 0 Å². The van der Waals surface area contributed by atoms with Gasteiger partial charge in [-0.25, -0.2) is 0 Å². The van der Waals surface area contributed by atoms with Gasteiger partial charge < -0.3 is 0 Å². The largest absolute Gasteiger partial charge is 0.299 e. The highest BCUT2D eigenvalue weighted by Crippen LogP contribution is 2.51. The van der Waals surface area contributed by atoms with Crippen molar-refractivity contribution in [3.05, 3.63) is 58.7 Å². The lowest BCUT2D eigenvalue weighted by atomic mass is 10.0. The number of benzene rings is 2. The third-order valence-corrected chi connectivity index (χ3v) is 3.63. The minimum atomic E-state index is -2.86. The zero-order chi connectivity index (χ0) is 12.9. The summed E-state index contributed by atoms with van der Waals surface area (Å²) in [4.78, 5) is 0. The van der Waals surface area contributed by atoms with E-state index < -0.39 is 5.92 Å². The number of rotatable bonds is 1. The Morgan fingerprint density at radius 1 is 0.944 bits per heavy atom. The molecule has 0 unspecified atom stereocenters. The van der Waals surface area contributed by atoms with Gasteiger partial charge in [0.15, 0.2) is 0 Å². The van der Waals surface area contributed by atoms with Crippen LogP contribution < -0.4 is 0 Å². The molecule has 0 bridgehead atoms. The van der Waals surface area contributed by atoms with Crippen LogP contribution in [-0.4, -0.2) is 0 Å². The minimum Gasteiger partial charge on any atom is -0.196 e. The van der Waals surface area contributed by atoms with Crippen molar-refractivity contribution in [1.82, 2.24) is 0 Å². The topological polar surface area (TPSA) is 0 Å². The van der Waals surface area contributed by atoms with Crippen molar-refractivity contribution < 1.29 is 8.78 Å². The first-order chi connectivity index (χ1) is 8.54. The first kappa shape index (κ1) is 11.4. The summed E-state index contributed by atoms with van der Waals surface area (Å²) in [5.74, 6) is -2.86. The SMILES string of the molecule is CCc1ccc2c(c1)-c1ccc(C)cc1C2(F)F. The molecule has 0 aromatic heterocycles. The van der Waals surface area contributed by atoms with Crippen LogP contribution in [0.15, 0.2) is 36.4 Å². The van der Waals surface area contributed by atoms with Gasteiger partial charge in [-0.15, -0.1) is 0 Å². The molecule has 2 heteroatoms. The Morgan fingerprint density at radius 2 is 1.72 bits per heavy atom. The van der Waals surface area contributed by atoms with Gasteiger partial charge in [-0.05, 0) is 36.1 Å². The summed E-state index contributed by atoms with van der Waals surface area (Å²) in [5, 5.41) is 0. The second kappa shape index (κ2) is 3.64. The maximum Gasteiger partial charge on any atom is 0.299 e. The fourth-order valence-corrected chi connectivity index (χ4v) is 2.61. The molecule has 1 aliphatic rings. The van der Waals surface area contributed by atoms with Gasteiger partial charge in [-0.1, -0.05) is 42.8 Å². The van der Waals surface area contributed by atoms with Crippen LogP contribution in [0.25, 0.3) is 11.1 Å². The van der Waals surface area contributed by atoms with Crippen LogP contribution in [-0.2, 0) is 12.3 Å². The molecule has 0 radical (unpaired) electrons. The van der Waals surface area contributed by atoms with E-state index in [1.54, 1.807) is 18.2 Å². The fraction of sp³-hybridized carbons (Fsp3) is 0.250. The number of hydrogen-bond acceptors (Lipinski definition) is 0. The molecular formula is C16H14F2. The average molecular weight is 244 g/mol. The monoisotopic (exact) mass is 244 g/mol. The first-order valence-electron chi connectivity index (χ1n) is 6.16. The standard InChI is InChI=1S/C16H14F2/c1-3-11-5-7-14-13(9-11)12-6-4-10(2)8-15(12)16(14,17)18/h4-9H,3H2,1-2H3. The van der Waals surface area contributed by atoms with Crippen molar-refractivity contribution >= 4 is 0 Å². The summed E-state index contributed by atoms with van der Waals surface area (Å²) >= 11 is 0. The second-order valence-electron chi connectivity index (χ2n) is 4.86. The van der Waals surface area contributed by atoms with Crippen molar-refractivity contribution in [2.24, 2.45) is 0 Å². The Kier molecular flexibility index (Phi) is 2.31. The molecule has 0 saturated heterocycles. The number of alkyl halides is 2. The lowest BCUT2D eigenvalue weighted by molar-refractivity contribution is 0.0479. The molecule has 18 heavy (non-hydrogen) atoms. The van der Waals surface area contributed by atoms with Gasteiger partial charge in [-0.2, -0.15) is 8.78 Å². The van der Waals surface area contributed by atoms with E-state index in [2.05, 4.69) is 0 Å². The molecule has 0 nitrogen and oxygen atoms in total. The normalized spacial score (nSPS) is 15.3. The summed E-state index contributed by atoms with van der Waals surface area (Å²) < 4.78 is 28.7. The zero-order valence-electron chi connectivity index (χ0n) is 10.4. The maximum atomic E-state index is 14.3. The highest BCUT2D eigenvalue weighted by atomic mass is 19.3. The van der Waals surface area contributed by atoms with Crippen LogP contribution in [0.1, 0.15) is 29.2 Å². The molecule has 0 heterocycles. The molecule has 0 fully saturated rings. The molecule has 2 aromatic rings. The molecular weight excluding hydrogens is 230 g/mol. The lowest BCUT2D eigenvalue weighted by Crippen LogP contribution is -2.11. The molecule has 0 amide bonds. The predicted octanol–water partition coefficient (Wildman–Crippen LogP) is 4.68. The third-order valence-electron chi connectivity index (χ3n) is 3.63. The zero-order valence-corrected chi connectivity index (χ0v) is 10.4. The van der Waals surface area contributed by atoms with Gasteiger partial charge in [0, 0.05) is 11.1 Å². The molecule has 0 spiro atoms. The second-order valence-corrected chi connectivity index (χ2v) is 4.86. The Balaban J connectivity index is 2.32. The highest BCUT2D eigenvalue weighted by Gasteiger charge is 2.44. The fourth-order valence-electron chi connectivity index (χ4n) is 2.61. The number of hydrogen-bond donors (Lipinski definition) is 0. The van der Waals surface area contributed by atoms with E-state index in [0.717, 1.165) is 17.5 Å². The van der Waals surface area contributed by atoms with E-state index in [0.29, 0.717) is 11.1 Å². The van der Waals surface area contributed by atoms with E-state index >= 15 is 0 Å². The summed E-state index contributed by atoms with van der Waals surface area (Å²) in [5.41, 5.74) is 3.62. The van der Waals surface area contributed by atoms with Crippen molar-refractivity contribution in [3.8, 4) is 11.1 Å². The Morgan fingerprint density at radius 3 is 2.44 bits per heavy atom. The van der Waals surface area contributed by atoms with Crippen molar-refractivity contribution in [3.63, 3.8) is 0 Å². The van der Waals surface area contributed by atoms with Crippen molar-refractivity contribution in [2.45, 2.75) is 26.2 Å². The van der Waals surface area contributed by atoms with Gasteiger partial charge in [0.1, 0.15) is 0 Å². The molecule has 0 saturated carbocycles. The van der Waals surface area contributed by atoms with E-state index in [-0.39, 0.29) is 11.1 Å². The lowest BCUT2D eigenvalue weighted by Gasteiger charge is -2.12. The van der Waals surface area contributed by atoms with E-state index in [4.69, 9.17) is 0 Å². The van der Waals surface area contributed by atoms with E-state index in [9.17, 15) is 8.78 Å². The van der Waals surface area contributed by atoms with Crippen LogP contribution in [0, 0.1) is 6.92 Å². The smallest absolute Gasteiger partial charge is 0.196 e. The Hall–Kier alpha value is -1.70. The van der Waals surface area contributed by atoms with Crippen LogP contribution in [0.4, 0.5) is 8.78 Å². The Labute approximate surface area is 105 Å². The minimum absolute atomic E-state index is 0.139. The summed E-state index contributed by atoms with van der Waals surface area (Å²) in [7, 11) is 0. The quantitative estimate of drug-likeness (QED) is 0.683. The van der Waals surface area contributed by atoms with Gasteiger partial charge in [0.25, 0.3) is 5.92 Å². The van der Waals surface area contributed by atoms with Crippen LogP contribution in [0.2, 0.25) is 0 Å². The summed E-state index contributed by atoms with van der Waals surface area (Å²) in [6, 6.07) is 10.6. The van der Waals surface area contributed by atoms with E-state index in [1.165, 1.54) is 0 Å². The molecule has 2 aromatic carbocycles. The molecule has 92 valence electrons. The molecule has 0 N–H and O–H groups in total. The van der Waals surface area contributed by atoms with Crippen LogP contribution in [0.3, 0.4) is 0 Å². The summed E-state index contributed by atoms with van der Waals surface area (Å²) in [6.07, 6.45) is 0.861. The number of fused-ring (bicyclic) bond motifs is 3. The van der Waals surface area contributed by atoms with Gasteiger partial charge in [-0.3, -0.25) is 0 Å². The molecule has 1 aliphatic carbocycles. The molecule has 0 aliphatic heterocycles. The first-order valence-corrected chi connectivity index (χ1v) is 6.16. The Bertz CT molecular complexity index is 627. The third kappa shape index (κ3) is 1.41. The van der Waals surface area contributed by atoms with Gasteiger partial charge in [0.05, 0.1) is 0 Å². The molecule has 0 atom stereocenters. The van der Waals surface area contributed by atoms with Gasteiger partial charge >= 0.3 is 0 Å². The maximum absolute atomic E-state index is 14.3. The van der Waals surface area contributed by atoms with Crippen molar-refractivity contribution in [1.29, 1.82) is 0 Å². The number of aryl methyl sites for hydroxylation is 2. The number of halogens is 2. The predicted molar refractivity (Wildman–Crippen MR) is 69.0 cm³/mol. The van der Waals surface area contributed by atoms with Crippen molar-refractivity contribution in [2.75, 3.05) is 0 Å².